The molecule has 0 bridgehead atoms. The number of aliphatic imine (C=N–C) groups is 1. The number of cyclic esters (lactones) is 1. The van der Waals surface area contributed by atoms with E-state index in [1.165, 1.54) is 12.1 Å². The van der Waals surface area contributed by atoms with Crippen LogP contribution in [-0.2, 0) is 9.53 Å². The molecule has 0 amide bonds. The van der Waals surface area contributed by atoms with Crippen LogP contribution in [0.3, 0.4) is 0 Å². The summed E-state index contributed by atoms with van der Waals surface area (Å²) >= 11 is 0. The lowest BCUT2D eigenvalue weighted by Gasteiger charge is -1.99. The Morgan fingerprint density at radius 2 is 1.95 bits per heavy atom. The van der Waals surface area contributed by atoms with Crippen LogP contribution >= 0.6 is 0 Å². The highest BCUT2D eigenvalue weighted by Gasteiger charge is 2.25. The van der Waals surface area contributed by atoms with Gasteiger partial charge in [-0.05, 0) is 37.3 Å². The van der Waals surface area contributed by atoms with Crippen molar-refractivity contribution in [2.45, 2.75) is 6.92 Å². The topological polar surface area (TPSA) is 51.8 Å². The minimum Gasteiger partial charge on any atom is -0.462 e. The Balaban J connectivity index is 1.95. The predicted octanol–water partition coefficient (Wildman–Crippen LogP) is 3.21. The smallest absolute Gasteiger partial charge is 0.363 e. The van der Waals surface area contributed by atoms with E-state index in [-0.39, 0.29) is 17.2 Å². The van der Waals surface area contributed by atoms with Crippen molar-refractivity contribution in [2.24, 2.45) is 4.99 Å². The molecule has 0 fully saturated rings. The predicted molar refractivity (Wildman–Crippen MR) is 70.4 cm³/mol. The largest absolute Gasteiger partial charge is 0.462 e. The summed E-state index contributed by atoms with van der Waals surface area (Å²) in [6, 6.07) is 6.57. The lowest BCUT2D eigenvalue weighted by atomic mass is 10.2. The number of carbonyl (C=O) groups excluding carboxylic acids is 1. The van der Waals surface area contributed by atoms with E-state index in [9.17, 15) is 13.6 Å². The highest BCUT2D eigenvalue weighted by molar-refractivity contribution is 6.12. The quantitative estimate of drug-likeness (QED) is 0.630. The summed E-state index contributed by atoms with van der Waals surface area (Å²) in [6.45, 7) is 1.77. The fourth-order valence-electron chi connectivity index (χ4n) is 1.83. The Hall–Kier alpha value is -2.76. The standard InChI is InChI=1S/C15H9F2NO3/c1-8-2-4-10(20-8)7-13-15(19)21-14(18-13)9-3-5-11(16)12(17)6-9/h2-7H,1H3/b13-7-. The van der Waals surface area contributed by atoms with Crippen molar-refractivity contribution in [3.8, 4) is 0 Å². The molecule has 2 aromatic rings. The van der Waals surface area contributed by atoms with Crippen LogP contribution in [0, 0.1) is 18.6 Å². The maximum Gasteiger partial charge on any atom is 0.363 e. The van der Waals surface area contributed by atoms with Gasteiger partial charge in [0.25, 0.3) is 0 Å². The molecule has 0 N–H and O–H groups in total. The van der Waals surface area contributed by atoms with E-state index in [1.54, 1.807) is 19.1 Å². The molecule has 0 saturated heterocycles. The molecular weight excluding hydrogens is 280 g/mol. The molecule has 1 aliphatic rings. The Bertz CT molecular complexity index is 790. The van der Waals surface area contributed by atoms with Crippen molar-refractivity contribution in [1.29, 1.82) is 0 Å². The van der Waals surface area contributed by atoms with Gasteiger partial charge in [-0.3, -0.25) is 0 Å². The highest BCUT2D eigenvalue weighted by Crippen LogP contribution is 2.21. The van der Waals surface area contributed by atoms with Gasteiger partial charge in [0.1, 0.15) is 11.5 Å². The third-order valence-electron chi connectivity index (χ3n) is 2.83. The van der Waals surface area contributed by atoms with Crippen LogP contribution in [-0.4, -0.2) is 11.9 Å². The molecule has 1 aromatic carbocycles. The van der Waals surface area contributed by atoms with Crippen molar-refractivity contribution >= 4 is 17.9 Å². The average Bonchev–Trinajstić information content (AvgIpc) is 3.00. The first-order valence-electron chi connectivity index (χ1n) is 6.07. The molecule has 4 nitrogen and oxygen atoms in total. The van der Waals surface area contributed by atoms with Gasteiger partial charge in [-0.25, -0.2) is 18.6 Å². The van der Waals surface area contributed by atoms with E-state index in [0.29, 0.717) is 11.5 Å². The minimum atomic E-state index is -1.04. The summed E-state index contributed by atoms with van der Waals surface area (Å²) in [7, 11) is 0. The third-order valence-corrected chi connectivity index (χ3v) is 2.83. The van der Waals surface area contributed by atoms with E-state index < -0.39 is 17.6 Å². The van der Waals surface area contributed by atoms with E-state index >= 15 is 0 Å². The van der Waals surface area contributed by atoms with Crippen molar-refractivity contribution in [3.63, 3.8) is 0 Å². The normalized spacial score (nSPS) is 16.2. The van der Waals surface area contributed by atoms with Crippen LogP contribution in [0.15, 0.2) is 45.4 Å². The van der Waals surface area contributed by atoms with Gasteiger partial charge >= 0.3 is 5.97 Å². The van der Waals surface area contributed by atoms with Crippen LogP contribution < -0.4 is 0 Å². The molecule has 3 rings (SSSR count). The first kappa shape index (κ1) is 13.2. The fraction of sp³-hybridized carbons (Fsp3) is 0.0667. The lowest BCUT2D eigenvalue weighted by molar-refractivity contribution is -0.129. The first-order valence-corrected chi connectivity index (χ1v) is 6.07. The second kappa shape index (κ2) is 4.97. The zero-order chi connectivity index (χ0) is 15.0. The number of hydrogen-bond donors (Lipinski definition) is 0. The Labute approximate surface area is 118 Å². The van der Waals surface area contributed by atoms with Gasteiger partial charge < -0.3 is 9.15 Å². The monoisotopic (exact) mass is 289 g/mol. The highest BCUT2D eigenvalue weighted by atomic mass is 19.2. The molecule has 0 radical (unpaired) electrons. The van der Waals surface area contributed by atoms with Gasteiger partial charge in [0.15, 0.2) is 17.3 Å². The van der Waals surface area contributed by atoms with Gasteiger partial charge in [-0.15, -0.1) is 0 Å². The first-order chi connectivity index (χ1) is 10.0. The number of halogens is 2. The van der Waals surface area contributed by atoms with Crippen molar-refractivity contribution in [3.05, 3.63) is 64.7 Å². The van der Waals surface area contributed by atoms with Gasteiger partial charge in [-0.1, -0.05) is 0 Å². The average molecular weight is 289 g/mol. The molecule has 0 atom stereocenters. The Morgan fingerprint density at radius 1 is 1.14 bits per heavy atom. The second-order valence-electron chi connectivity index (χ2n) is 4.41. The zero-order valence-electron chi connectivity index (χ0n) is 10.9. The summed E-state index contributed by atoms with van der Waals surface area (Å²) < 4.78 is 36.3. The summed E-state index contributed by atoms with van der Waals surface area (Å²) in [5.41, 5.74) is 0.213. The summed E-state index contributed by atoms with van der Waals surface area (Å²) in [4.78, 5) is 15.7. The maximum absolute atomic E-state index is 13.2. The minimum absolute atomic E-state index is 0.0316. The van der Waals surface area contributed by atoms with E-state index in [4.69, 9.17) is 9.15 Å². The summed E-state index contributed by atoms with van der Waals surface area (Å²) in [5, 5.41) is 0. The molecule has 1 aromatic heterocycles. The SMILES string of the molecule is Cc1ccc(/C=C2\N=C(c3ccc(F)c(F)c3)OC2=O)o1. The second-order valence-corrected chi connectivity index (χ2v) is 4.41. The van der Waals surface area contributed by atoms with E-state index in [1.807, 2.05) is 0 Å². The number of hydrogen-bond acceptors (Lipinski definition) is 4. The summed E-state index contributed by atoms with van der Waals surface area (Å²) in [5.74, 6) is -1.62. The van der Waals surface area contributed by atoms with Crippen LogP contribution in [0.5, 0.6) is 0 Å². The molecule has 0 aliphatic carbocycles. The van der Waals surface area contributed by atoms with Crippen LogP contribution in [0.4, 0.5) is 8.78 Å². The molecule has 0 unspecified atom stereocenters. The number of ether oxygens (including phenoxy) is 1. The molecule has 0 spiro atoms. The zero-order valence-corrected chi connectivity index (χ0v) is 10.9. The van der Waals surface area contributed by atoms with Gasteiger partial charge in [0.05, 0.1) is 0 Å². The van der Waals surface area contributed by atoms with Crippen LogP contribution in [0.25, 0.3) is 6.08 Å². The number of rotatable bonds is 2. The number of benzene rings is 1. The fourth-order valence-corrected chi connectivity index (χ4v) is 1.83. The molecule has 21 heavy (non-hydrogen) atoms. The van der Waals surface area contributed by atoms with E-state index in [0.717, 1.165) is 12.1 Å². The Kier molecular flexibility index (Phi) is 3.13. The molecular formula is C15H9F2NO3. The van der Waals surface area contributed by atoms with Gasteiger partial charge in [0.2, 0.25) is 5.90 Å². The number of aryl methyl sites for hydroxylation is 1. The van der Waals surface area contributed by atoms with Crippen LogP contribution in [0.2, 0.25) is 0 Å². The molecule has 106 valence electrons. The van der Waals surface area contributed by atoms with Crippen molar-refractivity contribution in [1.82, 2.24) is 0 Å². The lowest BCUT2D eigenvalue weighted by Crippen LogP contribution is -2.06. The molecule has 0 saturated carbocycles. The summed E-state index contributed by atoms with van der Waals surface area (Å²) in [6.07, 6.45) is 1.42. The maximum atomic E-state index is 13.2. The number of furan rings is 1. The van der Waals surface area contributed by atoms with E-state index in [2.05, 4.69) is 4.99 Å². The van der Waals surface area contributed by atoms with Crippen molar-refractivity contribution < 1.29 is 22.7 Å². The number of nitrogens with zero attached hydrogens (tertiary/aromatic N) is 1. The van der Waals surface area contributed by atoms with Gasteiger partial charge in [0, 0.05) is 11.6 Å². The number of esters is 1. The molecule has 1 aliphatic heterocycles. The van der Waals surface area contributed by atoms with Gasteiger partial charge in [-0.2, -0.15) is 0 Å². The molecule has 2 heterocycles. The number of carbonyl (C=O) groups is 1. The Morgan fingerprint density at radius 3 is 2.62 bits per heavy atom. The van der Waals surface area contributed by atoms with Crippen LogP contribution in [0.1, 0.15) is 17.1 Å². The molecule has 6 heteroatoms. The third kappa shape index (κ3) is 2.60. The van der Waals surface area contributed by atoms with Crippen molar-refractivity contribution in [2.75, 3.05) is 0 Å².